The molecule has 1 amide bonds. The molecule has 1 aliphatic heterocycles. The molecule has 0 N–H and O–H groups in total. The summed E-state index contributed by atoms with van der Waals surface area (Å²) in [5.41, 5.74) is 0.0436. The molecule has 5 nitrogen and oxygen atoms in total. The van der Waals surface area contributed by atoms with Crippen molar-refractivity contribution in [1.82, 2.24) is 9.21 Å². The molecule has 1 saturated heterocycles. The summed E-state index contributed by atoms with van der Waals surface area (Å²) in [5.74, 6) is -0.319. The number of carbonyl (C=O) groups excluding carboxylic acids is 1. The fourth-order valence-electron chi connectivity index (χ4n) is 3.44. The molecule has 2 fully saturated rings. The average molecular weight is 390 g/mol. The van der Waals surface area contributed by atoms with Gasteiger partial charge in [-0.2, -0.15) is 13.2 Å². The second-order valence-corrected chi connectivity index (χ2v) is 8.89. The Hall–Kier alpha value is -1.61. The van der Waals surface area contributed by atoms with Gasteiger partial charge in [0, 0.05) is 32.1 Å². The molecule has 2 atom stereocenters. The minimum atomic E-state index is -4.37. The molecule has 0 aromatic heterocycles. The van der Waals surface area contributed by atoms with E-state index >= 15 is 0 Å². The number of carbonyl (C=O) groups is 1. The fraction of sp³-hybridized carbons (Fsp3) is 0.588. The zero-order valence-electron chi connectivity index (χ0n) is 14.4. The van der Waals surface area contributed by atoms with Gasteiger partial charge in [-0.1, -0.05) is 12.1 Å². The van der Waals surface area contributed by atoms with Crippen molar-refractivity contribution in [3.05, 3.63) is 35.4 Å². The predicted molar refractivity (Wildman–Crippen MR) is 89.9 cm³/mol. The number of nitrogens with zero attached hydrogens (tertiary/aromatic N) is 2. The van der Waals surface area contributed by atoms with E-state index in [1.807, 2.05) is 0 Å². The van der Waals surface area contributed by atoms with E-state index in [1.54, 1.807) is 4.90 Å². The quantitative estimate of drug-likeness (QED) is 0.796. The van der Waals surface area contributed by atoms with Crippen LogP contribution in [-0.4, -0.2) is 56.0 Å². The number of alkyl halides is 3. The number of hydrogen-bond donors (Lipinski definition) is 0. The number of rotatable bonds is 3. The molecule has 1 aromatic rings. The van der Waals surface area contributed by atoms with Crippen LogP contribution < -0.4 is 0 Å². The topological polar surface area (TPSA) is 57.7 Å². The normalized spacial score (nSPS) is 25.0. The van der Waals surface area contributed by atoms with Crippen molar-refractivity contribution >= 4 is 15.9 Å². The van der Waals surface area contributed by atoms with Crippen LogP contribution in [0.3, 0.4) is 0 Å². The van der Waals surface area contributed by atoms with Crippen molar-refractivity contribution in [3.8, 4) is 0 Å². The lowest BCUT2D eigenvalue weighted by molar-refractivity contribution is -0.137. The van der Waals surface area contributed by atoms with Crippen molar-refractivity contribution < 1.29 is 26.4 Å². The second kappa shape index (κ2) is 6.84. The van der Waals surface area contributed by atoms with Crippen LogP contribution in [0.1, 0.15) is 29.9 Å². The van der Waals surface area contributed by atoms with E-state index in [0.29, 0.717) is 32.5 Å². The van der Waals surface area contributed by atoms with Gasteiger partial charge in [0.05, 0.1) is 11.8 Å². The van der Waals surface area contributed by atoms with Crippen LogP contribution in [0.2, 0.25) is 0 Å². The summed E-state index contributed by atoms with van der Waals surface area (Å²) >= 11 is 0. The van der Waals surface area contributed by atoms with E-state index in [2.05, 4.69) is 0 Å². The predicted octanol–water partition coefficient (Wildman–Crippen LogP) is 2.30. The third kappa shape index (κ3) is 4.20. The van der Waals surface area contributed by atoms with Crippen LogP contribution in [0.5, 0.6) is 0 Å². The van der Waals surface area contributed by atoms with Crippen molar-refractivity contribution in [2.24, 2.45) is 5.92 Å². The monoisotopic (exact) mass is 390 g/mol. The van der Waals surface area contributed by atoms with Crippen molar-refractivity contribution in [2.75, 3.05) is 32.4 Å². The Morgan fingerprint density at radius 3 is 2.31 bits per heavy atom. The van der Waals surface area contributed by atoms with Gasteiger partial charge < -0.3 is 4.90 Å². The molecule has 1 aromatic carbocycles. The van der Waals surface area contributed by atoms with E-state index in [4.69, 9.17) is 0 Å². The summed E-state index contributed by atoms with van der Waals surface area (Å²) in [6.45, 7) is 1.53. The molecule has 26 heavy (non-hydrogen) atoms. The lowest BCUT2D eigenvalue weighted by Gasteiger charge is -2.21. The first-order chi connectivity index (χ1) is 12.1. The fourth-order valence-corrected chi connectivity index (χ4v) is 4.31. The summed E-state index contributed by atoms with van der Waals surface area (Å²) in [5, 5.41) is 0. The Balaban J connectivity index is 1.60. The van der Waals surface area contributed by atoms with Gasteiger partial charge in [-0.3, -0.25) is 4.79 Å². The second-order valence-electron chi connectivity index (χ2n) is 6.91. The van der Waals surface area contributed by atoms with Gasteiger partial charge in [-0.05, 0) is 36.5 Å². The minimum absolute atomic E-state index is 0.0368. The maximum atomic E-state index is 12.7. The zero-order valence-corrected chi connectivity index (χ0v) is 15.2. The number of benzene rings is 1. The van der Waals surface area contributed by atoms with Crippen molar-refractivity contribution in [2.45, 2.75) is 24.9 Å². The molecule has 1 heterocycles. The highest BCUT2D eigenvalue weighted by Gasteiger charge is 2.46. The molecular formula is C17H21F3N2O3S. The van der Waals surface area contributed by atoms with E-state index in [-0.39, 0.29) is 24.3 Å². The Bertz CT molecular complexity index is 777. The highest BCUT2D eigenvalue weighted by molar-refractivity contribution is 7.88. The van der Waals surface area contributed by atoms with Gasteiger partial charge in [0.2, 0.25) is 15.9 Å². The Labute approximate surface area is 150 Å². The number of sulfonamides is 1. The maximum Gasteiger partial charge on any atom is 0.416 e. The van der Waals surface area contributed by atoms with Gasteiger partial charge in [-0.15, -0.1) is 0 Å². The Morgan fingerprint density at radius 1 is 1.08 bits per heavy atom. The summed E-state index contributed by atoms with van der Waals surface area (Å²) in [6.07, 6.45) is -2.01. The van der Waals surface area contributed by atoms with Gasteiger partial charge >= 0.3 is 6.18 Å². The lowest BCUT2D eigenvalue weighted by atomic mass is 10.1. The Morgan fingerprint density at radius 2 is 1.73 bits per heavy atom. The average Bonchev–Trinajstić information content (AvgIpc) is 3.36. The molecule has 1 saturated carbocycles. The summed E-state index contributed by atoms with van der Waals surface area (Å²) in [6, 6.07) is 4.97. The molecule has 0 bridgehead atoms. The molecular weight excluding hydrogens is 369 g/mol. The van der Waals surface area contributed by atoms with Crippen LogP contribution in [0.15, 0.2) is 24.3 Å². The van der Waals surface area contributed by atoms with Crippen LogP contribution in [-0.2, 0) is 21.0 Å². The highest BCUT2D eigenvalue weighted by Crippen LogP contribution is 2.49. The first-order valence-electron chi connectivity index (χ1n) is 8.48. The maximum absolute atomic E-state index is 12.7. The minimum Gasteiger partial charge on any atom is -0.341 e. The standard InChI is InChI=1S/C17H21F3N2O3S/c1-26(24,25)22-8-2-7-21(9-10-22)16(23)15-11-14(15)12-3-5-13(6-4-12)17(18,19)20/h3-6,14-15H,2,7-11H2,1H3. The van der Waals surface area contributed by atoms with Gasteiger partial charge in [0.15, 0.2) is 0 Å². The van der Waals surface area contributed by atoms with E-state index in [9.17, 15) is 26.4 Å². The molecule has 2 unspecified atom stereocenters. The third-order valence-electron chi connectivity index (χ3n) is 5.01. The third-order valence-corrected chi connectivity index (χ3v) is 6.31. The van der Waals surface area contributed by atoms with Gasteiger partial charge in [-0.25, -0.2) is 12.7 Å². The first kappa shape index (κ1) is 19.2. The molecule has 144 valence electrons. The first-order valence-corrected chi connectivity index (χ1v) is 10.3. The van der Waals surface area contributed by atoms with Gasteiger partial charge in [0.1, 0.15) is 0 Å². The van der Waals surface area contributed by atoms with Crippen molar-refractivity contribution in [3.63, 3.8) is 0 Å². The lowest BCUT2D eigenvalue weighted by Crippen LogP contribution is -2.37. The Kier molecular flexibility index (Phi) is 5.04. The SMILES string of the molecule is CS(=O)(=O)N1CCCN(C(=O)C2CC2c2ccc(C(F)(F)F)cc2)CC1. The van der Waals surface area contributed by atoms with E-state index in [0.717, 1.165) is 24.0 Å². The van der Waals surface area contributed by atoms with Crippen LogP contribution in [0.4, 0.5) is 13.2 Å². The van der Waals surface area contributed by atoms with Crippen molar-refractivity contribution in [1.29, 1.82) is 0 Å². The molecule has 0 spiro atoms. The summed E-state index contributed by atoms with van der Waals surface area (Å²) in [4.78, 5) is 14.3. The molecule has 1 aliphatic carbocycles. The highest BCUT2D eigenvalue weighted by atomic mass is 32.2. The summed E-state index contributed by atoms with van der Waals surface area (Å²) in [7, 11) is -3.27. The smallest absolute Gasteiger partial charge is 0.341 e. The number of halogens is 3. The zero-order chi connectivity index (χ0) is 19.1. The molecule has 0 radical (unpaired) electrons. The van der Waals surface area contributed by atoms with E-state index < -0.39 is 21.8 Å². The molecule has 2 aliphatic rings. The number of hydrogen-bond acceptors (Lipinski definition) is 3. The molecule has 9 heteroatoms. The van der Waals surface area contributed by atoms with Crippen LogP contribution in [0, 0.1) is 5.92 Å². The van der Waals surface area contributed by atoms with Crippen LogP contribution >= 0.6 is 0 Å². The van der Waals surface area contributed by atoms with Gasteiger partial charge in [0.25, 0.3) is 0 Å². The van der Waals surface area contributed by atoms with Crippen LogP contribution in [0.25, 0.3) is 0 Å². The molecule has 3 rings (SSSR count). The summed E-state index contributed by atoms with van der Waals surface area (Å²) < 4.78 is 62.5. The largest absolute Gasteiger partial charge is 0.416 e. The number of amides is 1. The van der Waals surface area contributed by atoms with E-state index in [1.165, 1.54) is 16.4 Å².